The van der Waals surface area contributed by atoms with Crippen LogP contribution in [0.1, 0.15) is 19.4 Å². The molecule has 0 saturated heterocycles. The Hall–Kier alpha value is -1.08. The maximum absolute atomic E-state index is 13.0. The average Bonchev–Trinajstić information content (AvgIpc) is 2.96. The number of fused-ring (bicyclic) bond motifs is 1. The molecule has 13 heteroatoms. The second-order valence-corrected chi connectivity index (χ2v) is 10.6. The first-order valence-electron chi connectivity index (χ1n) is 9.37. The number of hydrogen-bond donors (Lipinski definition) is 3. The standard InChI is InChI=1S/C18H21ClIN2O8P/c1-2-29-17(25)18(31(26,27)28)30-7-9-6-12(15(23)14(9)20)22-8-21-11-5-3-4-10(19)13(11)16(22)24/h3-5,8-9,12,14-15,18,23H,2,6-7H2,1H3,(H2,26,27,28)/t9-,12-,14-,15+,18+/m1/s1. The van der Waals surface area contributed by atoms with Gasteiger partial charge in [-0.05, 0) is 31.4 Å². The zero-order valence-electron chi connectivity index (χ0n) is 16.3. The van der Waals surface area contributed by atoms with Gasteiger partial charge in [0.1, 0.15) is 0 Å². The molecule has 170 valence electrons. The Kier molecular flexibility index (Phi) is 7.78. The Morgan fingerprint density at radius 3 is 2.81 bits per heavy atom. The lowest BCUT2D eigenvalue weighted by atomic mass is 10.1. The van der Waals surface area contributed by atoms with E-state index in [0.29, 0.717) is 5.52 Å². The molecule has 0 amide bonds. The van der Waals surface area contributed by atoms with Gasteiger partial charge in [0.15, 0.2) is 0 Å². The number of ether oxygens (including phenoxy) is 2. The first-order valence-corrected chi connectivity index (χ1v) is 12.7. The number of rotatable bonds is 7. The van der Waals surface area contributed by atoms with Crippen molar-refractivity contribution in [3.8, 4) is 0 Å². The summed E-state index contributed by atoms with van der Waals surface area (Å²) >= 11 is 8.16. The van der Waals surface area contributed by atoms with Crippen LogP contribution in [0.15, 0.2) is 29.3 Å². The van der Waals surface area contributed by atoms with Gasteiger partial charge in [0, 0.05) is 3.92 Å². The molecule has 31 heavy (non-hydrogen) atoms. The highest BCUT2D eigenvalue weighted by atomic mass is 127. The maximum Gasteiger partial charge on any atom is 0.365 e. The van der Waals surface area contributed by atoms with Crippen LogP contribution in [-0.2, 0) is 18.8 Å². The molecule has 1 aliphatic carbocycles. The van der Waals surface area contributed by atoms with Gasteiger partial charge in [-0.25, -0.2) is 9.78 Å². The largest absolute Gasteiger partial charge is 0.464 e. The molecule has 10 nitrogen and oxygen atoms in total. The average molecular weight is 587 g/mol. The van der Waals surface area contributed by atoms with E-state index in [4.69, 9.17) is 16.3 Å². The molecule has 0 bridgehead atoms. The molecule has 1 saturated carbocycles. The summed E-state index contributed by atoms with van der Waals surface area (Å²) in [6, 6.07) is 4.28. The van der Waals surface area contributed by atoms with Crippen molar-refractivity contribution < 1.29 is 33.7 Å². The number of benzene rings is 1. The van der Waals surface area contributed by atoms with Crippen LogP contribution in [0.25, 0.3) is 10.9 Å². The van der Waals surface area contributed by atoms with Crippen molar-refractivity contribution in [2.24, 2.45) is 5.92 Å². The highest BCUT2D eigenvalue weighted by Gasteiger charge is 2.45. The molecule has 3 rings (SSSR count). The van der Waals surface area contributed by atoms with E-state index in [1.165, 1.54) is 17.8 Å². The normalized spacial score (nSPS) is 25.0. The SMILES string of the molecule is CCOC(=O)[C@@H](OC[C@H]1C[C@@H](n2cnc3cccc(Cl)c3c2=O)[C@H](O)[C@@H]1I)P(=O)(O)O. The minimum atomic E-state index is -4.91. The van der Waals surface area contributed by atoms with Gasteiger partial charge in [0.05, 0.1) is 47.6 Å². The number of carbonyl (C=O) groups is 1. The highest BCUT2D eigenvalue weighted by molar-refractivity contribution is 14.1. The van der Waals surface area contributed by atoms with Crippen LogP contribution in [0.4, 0.5) is 0 Å². The minimum absolute atomic E-state index is 0.0573. The Labute approximate surface area is 195 Å². The van der Waals surface area contributed by atoms with Gasteiger partial charge in [-0.2, -0.15) is 0 Å². The number of carbonyl (C=O) groups excluding carboxylic acids is 1. The third-order valence-corrected chi connectivity index (χ3v) is 8.14. The smallest absolute Gasteiger partial charge is 0.365 e. The zero-order chi connectivity index (χ0) is 22.9. The van der Waals surface area contributed by atoms with Crippen molar-refractivity contribution >= 4 is 58.7 Å². The Bertz CT molecular complexity index is 1080. The summed E-state index contributed by atoms with van der Waals surface area (Å²) in [6.45, 7) is 1.24. The third kappa shape index (κ3) is 5.13. The van der Waals surface area contributed by atoms with Crippen LogP contribution in [-0.4, -0.2) is 59.5 Å². The Morgan fingerprint density at radius 1 is 1.45 bits per heavy atom. The van der Waals surface area contributed by atoms with E-state index < -0.39 is 47.0 Å². The van der Waals surface area contributed by atoms with Crippen molar-refractivity contribution in [3.05, 3.63) is 39.9 Å². The van der Waals surface area contributed by atoms with Gasteiger partial charge in [-0.1, -0.05) is 40.3 Å². The topological polar surface area (TPSA) is 148 Å². The fraction of sp³-hybridized carbons (Fsp3) is 0.500. The van der Waals surface area contributed by atoms with Crippen LogP contribution < -0.4 is 5.56 Å². The van der Waals surface area contributed by atoms with E-state index in [1.54, 1.807) is 18.2 Å². The van der Waals surface area contributed by atoms with Crippen LogP contribution in [0.2, 0.25) is 5.02 Å². The minimum Gasteiger partial charge on any atom is -0.464 e. The molecule has 1 aliphatic rings. The van der Waals surface area contributed by atoms with Gasteiger partial charge < -0.3 is 24.4 Å². The lowest BCUT2D eigenvalue weighted by Gasteiger charge is -2.21. The van der Waals surface area contributed by atoms with E-state index in [0.717, 1.165) is 0 Å². The van der Waals surface area contributed by atoms with Crippen molar-refractivity contribution in [2.45, 2.75) is 35.3 Å². The number of nitrogens with zero attached hydrogens (tertiary/aromatic N) is 2. The highest BCUT2D eigenvalue weighted by Crippen LogP contribution is 2.45. The van der Waals surface area contributed by atoms with E-state index in [9.17, 15) is 29.0 Å². The number of aliphatic hydroxyl groups is 1. The van der Waals surface area contributed by atoms with E-state index in [-0.39, 0.29) is 30.0 Å². The molecule has 0 radical (unpaired) electrons. The fourth-order valence-electron chi connectivity index (χ4n) is 3.61. The van der Waals surface area contributed by atoms with Crippen molar-refractivity contribution in [1.29, 1.82) is 0 Å². The van der Waals surface area contributed by atoms with Gasteiger partial charge in [-0.3, -0.25) is 13.9 Å². The summed E-state index contributed by atoms with van der Waals surface area (Å²) in [5.74, 6) is -3.59. The monoisotopic (exact) mass is 586 g/mol. The summed E-state index contributed by atoms with van der Waals surface area (Å²) in [5.41, 5.74) is 0.0375. The summed E-state index contributed by atoms with van der Waals surface area (Å²) in [4.78, 5) is 48.0. The van der Waals surface area contributed by atoms with Crippen LogP contribution in [0.3, 0.4) is 0 Å². The molecule has 1 aromatic heterocycles. The Balaban J connectivity index is 1.82. The first kappa shape index (κ1) is 24.6. The predicted octanol–water partition coefficient (Wildman–Crippen LogP) is 1.86. The molecule has 3 N–H and O–H groups in total. The lowest BCUT2D eigenvalue weighted by Crippen LogP contribution is -2.32. The summed E-state index contributed by atoms with van der Waals surface area (Å²) < 4.78 is 22.5. The van der Waals surface area contributed by atoms with E-state index >= 15 is 0 Å². The van der Waals surface area contributed by atoms with Gasteiger partial charge in [-0.15, -0.1) is 0 Å². The number of alkyl halides is 1. The lowest BCUT2D eigenvalue weighted by molar-refractivity contribution is -0.152. The van der Waals surface area contributed by atoms with Crippen LogP contribution in [0.5, 0.6) is 0 Å². The quantitative estimate of drug-likeness (QED) is 0.191. The third-order valence-electron chi connectivity index (χ3n) is 5.10. The van der Waals surface area contributed by atoms with Gasteiger partial charge in [0.25, 0.3) is 11.4 Å². The molecule has 2 aromatic rings. The summed E-state index contributed by atoms with van der Waals surface area (Å²) in [6.07, 6.45) is 0.659. The molecular formula is C18H21ClIN2O8P. The van der Waals surface area contributed by atoms with Gasteiger partial charge >= 0.3 is 13.6 Å². The number of aliphatic hydroxyl groups excluding tert-OH is 1. The molecule has 1 fully saturated rings. The molecule has 1 aromatic carbocycles. The van der Waals surface area contributed by atoms with Crippen molar-refractivity contribution in [3.63, 3.8) is 0 Å². The summed E-state index contributed by atoms with van der Waals surface area (Å²) in [5, 5.41) is 11.2. The van der Waals surface area contributed by atoms with Gasteiger partial charge in [0.2, 0.25) is 0 Å². The molecule has 1 heterocycles. The number of halogens is 2. The second kappa shape index (κ2) is 9.82. The zero-order valence-corrected chi connectivity index (χ0v) is 20.1. The van der Waals surface area contributed by atoms with Crippen molar-refractivity contribution in [1.82, 2.24) is 9.55 Å². The van der Waals surface area contributed by atoms with E-state index in [2.05, 4.69) is 9.72 Å². The molecule has 0 aliphatic heterocycles. The molecular weight excluding hydrogens is 566 g/mol. The summed E-state index contributed by atoms with van der Waals surface area (Å²) in [7, 11) is -4.91. The molecule has 0 spiro atoms. The fourth-order valence-corrected chi connectivity index (χ4v) is 5.47. The van der Waals surface area contributed by atoms with E-state index in [1.807, 2.05) is 22.6 Å². The molecule has 5 atom stereocenters. The maximum atomic E-state index is 13.0. The second-order valence-electron chi connectivity index (χ2n) is 7.12. The molecule has 0 unspecified atom stereocenters. The van der Waals surface area contributed by atoms with Crippen LogP contribution >= 0.6 is 41.8 Å². The first-order chi connectivity index (χ1) is 14.6. The number of aromatic nitrogens is 2. The van der Waals surface area contributed by atoms with Crippen LogP contribution in [0, 0.1) is 5.92 Å². The Morgan fingerprint density at radius 2 is 2.16 bits per heavy atom. The predicted molar refractivity (Wildman–Crippen MR) is 120 cm³/mol. The number of hydrogen-bond acceptors (Lipinski definition) is 7. The van der Waals surface area contributed by atoms with Crippen molar-refractivity contribution in [2.75, 3.05) is 13.2 Å². The number of esters is 1.